The molecule has 0 unspecified atom stereocenters. The van der Waals surface area contributed by atoms with E-state index in [1.165, 1.54) is 12.3 Å². The van der Waals surface area contributed by atoms with Gasteiger partial charge in [-0.3, -0.25) is 14.9 Å². The lowest BCUT2D eigenvalue weighted by Gasteiger charge is -2.03. The van der Waals surface area contributed by atoms with Gasteiger partial charge in [0.15, 0.2) is 5.76 Å². The summed E-state index contributed by atoms with van der Waals surface area (Å²) < 4.78 is 32.0. The summed E-state index contributed by atoms with van der Waals surface area (Å²) in [5.74, 6) is -0.138. The molecule has 0 radical (unpaired) electrons. The van der Waals surface area contributed by atoms with Gasteiger partial charge in [0.05, 0.1) is 29.3 Å². The van der Waals surface area contributed by atoms with Crippen LogP contribution in [0.25, 0.3) is 22.7 Å². The summed E-state index contributed by atoms with van der Waals surface area (Å²) in [4.78, 5) is 16.6. The molecule has 4 rings (SSSR count). The Balaban J connectivity index is 1.63. The highest BCUT2D eigenvalue weighted by Crippen LogP contribution is 2.28. The molecule has 0 aliphatic carbocycles. The van der Waals surface area contributed by atoms with Crippen LogP contribution in [-0.2, 0) is 0 Å². The molecule has 0 atom stereocenters. The molecule has 10 heteroatoms. The summed E-state index contributed by atoms with van der Waals surface area (Å²) in [6, 6.07) is 8.08. The zero-order valence-electron chi connectivity index (χ0n) is 13.6. The fourth-order valence-electron chi connectivity index (χ4n) is 2.46. The van der Waals surface area contributed by atoms with Crippen molar-refractivity contribution in [3.05, 3.63) is 60.9 Å². The van der Waals surface area contributed by atoms with Crippen molar-refractivity contribution >= 4 is 11.6 Å². The molecule has 0 bridgehead atoms. The van der Waals surface area contributed by atoms with Crippen LogP contribution in [0.5, 0.6) is 0 Å². The Morgan fingerprint density at radius 3 is 2.85 bits per heavy atom. The lowest BCUT2D eigenvalue weighted by atomic mass is 10.2. The molecule has 0 fully saturated rings. The second kappa shape index (κ2) is 6.83. The highest BCUT2D eigenvalue weighted by molar-refractivity contribution is 6.04. The van der Waals surface area contributed by atoms with Crippen LogP contribution in [-0.4, -0.2) is 30.9 Å². The first kappa shape index (κ1) is 16.6. The smallest absolute Gasteiger partial charge is 0.333 e. The number of carbonyl (C=O) groups excluding carboxylic acids is 1. The number of halogens is 2. The molecule has 4 aromatic rings. The van der Waals surface area contributed by atoms with Crippen molar-refractivity contribution < 1.29 is 18.0 Å². The summed E-state index contributed by atoms with van der Waals surface area (Å²) in [7, 11) is 0. The van der Waals surface area contributed by atoms with Gasteiger partial charge in [0.25, 0.3) is 5.91 Å². The number of hydrogen-bond acceptors (Lipinski definition) is 5. The number of nitrogens with zero attached hydrogens (tertiary/aromatic N) is 4. The van der Waals surface area contributed by atoms with Gasteiger partial charge in [-0.2, -0.15) is 19.0 Å². The van der Waals surface area contributed by atoms with Gasteiger partial charge in [0.2, 0.25) is 0 Å². The molecular formula is C17H12F2N6O2. The van der Waals surface area contributed by atoms with Crippen molar-refractivity contribution in [2.24, 2.45) is 0 Å². The number of rotatable bonds is 5. The Bertz CT molecular complexity index is 1060. The number of amides is 1. The van der Waals surface area contributed by atoms with Gasteiger partial charge in [-0.25, -0.2) is 4.68 Å². The summed E-state index contributed by atoms with van der Waals surface area (Å²) >= 11 is 0. The first-order valence-corrected chi connectivity index (χ1v) is 7.81. The maximum absolute atomic E-state index is 13.0. The topological polar surface area (TPSA) is 102 Å². The van der Waals surface area contributed by atoms with Crippen LogP contribution in [0.1, 0.15) is 17.1 Å². The summed E-state index contributed by atoms with van der Waals surface area (Å²) in [5.41, 5.74) is 1.26. The Morgan fingerprint density at radius 1 is 1.26 bits per heavy atom. The Kier molecular flexibility index (Phi) is 4.21. The maximum Gasteiger partial charge on any atom is 0.333 e. The number of nitrogens with one attached hydrogen (secondary N) is 2. The third-order valence-corrected chi connectivity index (χ3v) is 3.70. The van der Waals surface area contributed by atoms with Crippen LogP contribution in [0.4, 0.5) is 14.5 Å². The number of furan rings is 1. The fourth-order valence-corrected chi connectivity index (χ4v) is 2.46. The number of H-pyrrole nitrogens is 1. The maximum atomic E-state index is 13.0. The lowest BCUT2D eigenvalue weighted by Crippen LogP contribution is -2.11. The van der Waals surface area contributed by atoms with Crippen molar-refractivity contribution in [1.29, 1.82) is 0 Å². The summed E-state index contributed by atoms with van der Waals surface area (Å²) in [6.07, 6.45) is 5.72. The first-order valence-electron chi connectivity index (χ1n) is 7.81. The van der Waals surface area contributed by atoms with Crippen molar-refractivity contribution in [2.75, 3.05) is 5.32 Å². The Hall–Kier alpha value is -3.82. The monoisotopic (exact) mass is 370 g/mol. The van der Waals surface area contributed by atoms with Crippen molar-refractivity contribution in [2.45, 2.75) is 6.55 Å². The van der Waals surface area contributed by atoms with Crippen molar-refractivity contribution in [3.8, 4) is 22.7 Å². The number of anilines is 1. The van der Waals surface area contributed by atoms with Gasteiger partial charge in [-0.15, -0.1) is 0 Å². The minimum Gasteiger partial charge on any atom is -0.451 e. The SMILES string of the molecule is O=C(Nc1cn(C(F)F)nc1-c1ccccn1)c1ccc(-c2cn[nH]c2)o1. The minimum absolute atomic E-state index is 0.0166. The van der Waals surface area contributed by atoms with E-state index in [2.05, 4.69) is 25.6 Å². The Morgan fingerprint density at radius 2 is 2.15 bits per heavy atom. The van der Waals surface area contributed by atoms with Crippen LogP contribution in [0.15, 0.2) is 59.5 Å². The van der Waals surface area contributed by atoms with Gasteiger partial charge in [0.1, 0.15) is 11.5 Å². The molecule has 0 saturated carbocycles. The highest BCUT2D eigenvalue weighted by atomic mass is 19.3. The molecule has 136 valence electrons. The lowest BCUT2D eigenvalue weighted by molar-refractivity contribution is 0.0568. The molecule has 0 saturated heterocycles. The molecule has 0 aliphatic heterocycles. The largest absolute Gasteiger partial charge is 0.451 e. The van der Waals surface area contributed by atoms with Crippen LogP contribution in [0, 0.1) is 0 Å². The van der Waals surface area contributed by atoms with E-state index >= 15 is 0 Å². The van der Waals surface area contributed by atoms with Crippen LogP contribution in [0.2, 0.25) is 0 Å². The molecular weight excluding hydrogens is 358 g/mol. The van der Waals surface area contributed by atoms with Crippen molar-refractivity contribution in [1.82, 2.24) is 25.0 Å². The number of aromatic amines is 1. The van der Waals surface area contributed by atoms with E-state index in [9.17, 15) is 13.6 Å². The van der Waals surface area contributed by atoms with E-state index in [0.717, 1.165) is 6.20 Å². The zero-order valence-corrected chi connectivity index (χ0v) is 13.6. The molecule has 4 aromatic heterocycles. The van der Waals surface area contributed by atoms with Gasteiger partial charge in [-0.05, 0) is 24.3 Å². The normalized spacial score (nSPS) is 11.1. The van der Waals surface area contributed by atoms with Crippen LogP contribution >= 0.6 is 0 Å². The highest BCUT2D eigenvalue weighted by Gasteiger charge is 2.20. The molecule has 27 heavy (non-hydrogen) atoms. The van der Waals surface area contributed by atoms with E-state index in [-0.39, 0.29) is 17.1 Å². The van der Waals surface area contributed by atoms with E-state index in [1.54, 1.807) is 36.7 Å². The van der Waals surface area contributed by atoms with Crippen molar-refractivity contribution in [3.63, 3.8) is 0 Å². The molecule has 2 N–H and O–H groups in total. The first-order chi connectivity index (χ1) is 13.1. The summed E-state index contributed by atoms with van der Waals surface area (Å²) in [5, 5.41) is 12.8. The summed E-state index contributed by atoms with van der Waals surface area (Å²) in [6.45, 7) is -2.85. The fraction of sp³-hybridized carbons (Fsp3) is 0.0588. The second-order valence-corrected chi connectivity index (χ2v) is 5.47. The third-order valence-electron chi connectivity index (χ3n) is 3.70. The predicted molar refractivity (Wildman–Crippen MR) is 91.0 cm³/mol. The number of carbonyl (C=O) groups is 1. The minimum atomic E-state index is -2.85. The van der Waals surface area contributed by atoms with Gasteiger partial charge < -0.3 is 9.73 Å². The molecule has 0 aliphatic rings. The average Bonchev–Trinajstić information content (AvgIpc) is 3.42. The quantitative estimate of drug-likeness (QED) is 0.559. The number of aromatic nitrogens is 5. The zero-order chi connectivity index (χ0) is 18.8. The van der Waals surface area contributed by atoms with E-state index in [1.807, 2.05) is 0 Å². The second-order valence-electron chi connectivity index (χ2n) is 5.47. The van der Waals surface area contributed by atoms with E-state index < -0.39 is 12.5 Å². The van der Waals surface area contributed by atoms with Crippen LogP contribution in [0.3, 0.4) is 0 Å². The van der Waals surface area contributed by atoms with E-state index in [0.29, 0.717) is 21.7 Å². The number of pyridine rings is 1. The number of alkyl halides is 2. The molecule has 0 aromatic carbocycles. The van der Waals surface area contributed by atoms with Gasteiger partial charge in [-0.1, -0.05) is 6.07 Å². The van der Waals surface area contributed by atoms with Gasteiger partial charge in [0, 0.05) is 12.4 Å². The molecule has 8 nitrogen and oxygen atoms in total. The molecule has 4 heterocycles. The number of hydrogen-bond donors (Lipinski definition) is 2. The van der Waals surface area contributed by atoms with Gasteiger partial charge >= 0.3 is 6.55 Å². The van der Waals surface area contributed by atoms with Crippen LogP contribution < -0.4 is 5.32 Å². The standard InChI is InChI=1S/C17H12F2N6O2/c18-17(19)25-9-12(15(24-25)11-3-1-2-6-20-11)23-16(26)14-5-4-13(27-14)10-7-21-22-8-10/h1-9,17H,(H,21,22)(H,23,26). The molecule has 1 amide bonds. The predicted octanol–water partition coefficient (Wildman–Crippen LogP) is 3.58. The van der Waals surface area contributed by atoms with E-state index in [4.69, 9.17) is 4.42 Å². The Labute approximate surface area is 150 Å². The average molecular weight is 370 g/mol. The third kappa shape index (κ3) is 3.32. The molecule has 0 spiro atoms.